The lowest BCUT2D eigenvalue weighted by atomic mass is 10.00. The molecule has 0 saturated carbocycles. The van der Waals surface area contributed by atoms with Gasteiger partial charge in [-0.1, -0.05) is 30.3 Å². The molecule has 5 heteroatoms. The van der Waals surface area contributed by atoms with Crippen LogP contribution in [0.25, 0.3) is 22.1 Å². The highest BCUT2D eigenvalue weighted by Crippen LogP contribution is 2.33. The van der Waals surface area contributed by atoms with E-state index in [0.29, 0.717) is 22.1 Å². The molecule has 0 bridgehead atoms. The fourth-order valence-corrected chi connectivity index (χ4v) is 2.61. The van der Waals surface area contributed by atoms with Crippen LogP contribution in [0.15, 0.2) is 53.1 Å². The van der Waals surface area contributed by atoms with E-state index >= 15 is 0 Å². The van der Waals surface area contributed by atoms with E-state index in [2.05, 4.69) is 5.32 Å². The number of amides is 1. The number of nitrogens with one attached hydrogen (secondary N) is 1. The largest absolute Gasteiger partial charge is 0.463 e. The average molecular weight is 323 g/mol. The SMILES string of the molecule is CCOC(=O)c1cc(C(=O)NC)c2occ(-c3ccccc3)c2c1. The second-order valence-electron chi connectivity index (χ2n) is 5.22. The Kier molecular flexibility index (Phi) is 4.33. The summed E-state index contributed by atoms with van der Waals surface area (Å²) in [5.41, 5.74) is 2.84. The van der Waals surface area contributed by atoms with Crippen LogP contribution in [0.2, 0.25) is 0 Å². The summed E-state index contributed by atoms with van der Waals surface area (Å²) in [7, 11) is 1.53. The van der Waals surface area contributed by atoms with Crippen LogP contribution in [0.5, 0.6) is 0 Å². The van der Waals surface area contributed by atoms with Crippen LogP contribution in [0.4, 0.5) is 0 Å². The summed E-state index contributed by atoms with van der Waals surface area (Å²) in [6.07, 6.45) is 1.60. The van der Waals surface area contributed by atoms with E-state index in [1.165, 1.54) is 13.1 Å². The van der Waals surface area contributed by atoms with Crippen molar-refractivity contribution in [3.8, 4) is 11.1 Å². The number of furan rings is 1. The lowest BCUT2D eigenvalue weighted by molar-refractivity contribution is 0.0526. The first kappa shape index (κ1) is 15.8. The standard InChI is InChI=1S/C19H17NO4/c1-3-23-19(22)13-9-14-16(12-7-5-4-6-8-12)11-24-17(14)15(10-13)18(21)20-2/h4-11H,3H2,1-2H3,(H,20,21). The molecule has 3 aromatic rings. The average Bonchev–Trinajstić information content (AvgIpc) is 3.05. The van der Waals surface area contributed by atoms with Gasteiger partial charge in [0.05, 0.1) is 24.0 Å². The van der Waals surface area contributed by atoms with Gasteiger partial charge in [0.15, 0.2) is 0 Å². The van der Waals surface area contributed by atoms with Gasteiger partial charge in [-0.25, -0.2) is 4.79 Å². The Morgan fingerprint density at radius 3 is 2.58 bits per heavy atom. The van der Waals surface area contributed by atoms with E-state index in [0.717, 1.165) is 11.1 Å². The molecular weight excluding hydrogens is 306 g/mol. The van der Waals surface area contributed by atoms with Gasteiger partial charge in [0.2, 0.25) is 0 Å². The van der Waals surface area contributed by atoms with E-state index in [9.17, 15) is 9.59 Å². The summed E-state index contributed by atoms with van der Waals surface area (Å²) in [4.78, 5) is 24.3. The van der Waals surface area contributed by atoms with Crippen molar-refractivity contribution in [2.75, 3.05) is 13.7 Å². The Balaban J connectivity index is 2.25. The molecule has 0 saturated heterocycles. The molecule has 0 atom stereocenters. The predicted octanol–water partition coefficient (Wildman–Crippen LogP) is 3.64. The summed E-state index contributed by atoms with van der Waals surface area (Å²) in [6, 6.07) is 12.8. The van der Waals surface area contributed by atoms with Crippen molar-refractivity contribution >= 4 is 22.8 Å². The van der Waals surface area contributed by atoms with E-state index < -0.39 is 5.97 Å². The van der Waals surface area contributed by atoms with Gasteiger partial charge in [-0.15, -0.1) is 0 Å². The van der Waals surface area contributed by atoms with Gasteiger partial charge in [-0.05, 0) is 24.6 Å². The van der Waals surface area contributed by atoms with Crippen LogP contribution in [0.1, 0.15) is 27.6 Å². The van der Waals surface area contributed by atoms with Crippen LogP contribution < -0.4 is 5.32 Å². The van der Waals surface area contributed by atoms with Crippen molar-refractivity contribution < 1.29 is 18.7 Å². The normalized spacial score (nSPS) is 10.6. The van der Waals surface area contributed by atoms with Crippen LogP contribution in [0, 0.1) is 0 Å². The van der Waals surface area contributed by atoms with Gasteiger partial charge >= 0.3 is 5.97 Å². The summed E-state index contributed by atoms with van der Waals surface area (Å²) in [6.45, 7) is 2.01. The van der Waals surface area contributed by atoms with Crippen LogP contribution in [-0.2, 0) is 4.74 Å². The Labute approximate surface area is 139 Å². The number of benzene rings is 2. The minimum Gasteiger partial charge on any atom is -0.463 e. The Morgan fingerprint density at radius 2 is 1.92 bits per heavy atom. The first-order chi connectivity index (χ1) is 11.7. The fraction of sp³-hybridized carbons (Fsp3) is 0.158. The molecular formula is C19H17NO4. The number of carbonyl (C=O) groups excluding carboxylic acids is 2. The Morgan fingerprint density at radius 1 is 1.17 bits per heavy atom. The van der Waals surface area contributed by atoms with E-state index in [1.807, 2.05) is 30.3 Å². The summed E-state index contributed by atoms with van der Waals surface area (Å²) in [5.74, 6) is -0.787. The highest BCUT2D eigenvalue weighted by Gasteiger charge is 2.20. The molecule has 0 fully saturated rings. The van der Waals surface area contributed by atoms with E-state index in [1.54, 1.807) is 19.3 Å². The maximum Gasteiger partial charge on any atom is 0.338 e. The van der Waals surface area contributed by atoms with Crippen molar-refractivity contribution in [3.63, 3.8) is 0 Å². The van der Waals surface area contributed by atoms with Gasteiger partial charge in [-0.3, -0.25) is 4.79 Å². The van der Waals surface area contributed by atoms with Crippen molar-refractivity contribution in [1.29, 1.82) is 0 Å². The lowest BCUT2D eigenvalue weighted by Gasteiger charge is -2.07. The third-order valence-electron chi connectivity index (χ3n) is 3.74. The zero-order valence-electron chi connectivity index (χ0n) is 13.5. The highest BCUT2D eigenvalue weighted by molar-refractivity contribution is 6.11. The van der Waals surface area contributed by atoms with Crippen molar-refractivity contribution in [2.45, 2.75) is 6.92 Å². The molecule has 0 aliphatic rings. The topological polar surface area (TPSA) is 68.5 Å². The molecule has 24 heavy (non-hydrogen) atoms. The molecule has 0 aliphatic heterocycles. The molecule has 0 aliphatic carbocycles. The van der Waals surface area contributed by atoms with E-state index in [4.69, 9.17) is 9.15 Å². The molecule has 3 rings (SSSR count). The highest BCUT2D eigenvalue weighted by atomic mass is 16.5. The molecule has 0 unspecified atom stereocenters. The molecule has 5 nitrogen and oxygen atoms in total. The minimum absolute atomic E-state index is 0.267. The molecule has 0 spiro atoms. The summed E-state index contributed by atoms with van der Waals surface area (Å²) < 4.78 is 10.7. The van der Waals surface area contributed by atoms with Gasteiger partial charge in [-0.2, -0.15) is 0 Å². The molecule has 0 radical (unpaired) electrons. The van der Waals surface area contributed by atoms with Crippen molar-refractivity contribution in [3.05, 3.63) is 59.9 Å². The fourth-order valence-electron chi connectivity index (χ4n) is 2.61. The minimum atomic E-state index is -0.468. The number of ether oxygens (including phenoxy) is 1. The summed E-state index contributed by atoms with van der Waals surface area (Å²) in [5, 5.41) is 3.27. The molecule has 2 aromatic carbocycles. The second-order valence-corrected chi connectivity index (χ2v) is 5.22. The van der Waals surface area contributed by atoms with Crippen molar-refractivity contribution in [1.82, 2.24) is 5.32 Å². The van der Waals surface area contributed by atoms with Crippen molar-refractivity contribution in [2.24, 2.45) is 0 Å². The van der Waals surface area contributed by atoms with Gasteiger partial charge < -0.3 is 14.5 Å². The smallest absolute Gasteiger partial charge is 0.338 e. The molecule has 1 heterocycles. The third-order valence-corrected chi connectivity index (χ3v) is 3.74. The molecule has 122 valence electrons. The van der Waals surface area contributed by atoms with Crippen LogP contribution in [0.3, 0.4) is 0 Å². The number of hydrogen-bond donors (Lipinski definition) is 1. The number of esters is 1. The summed E-state index contributed by atoms with van der Waals surface area (Å²) >= 11 is 0. The predicted molar refractivity (Wildman–Crippen MR) is 91.0 cm³/mol. The number of carbonyl (C=O) groups is 2. The van der Waals surface area contributed by atoms with Gasteiger partial charge in [0, 0.05) is 18.0 Å². The Bertz CT molecular complexity index is 896. The number of fused-ring (bicyclic) bond motifs is 1. The number of rotatable bonds is 4. The third kappa shape index (κ3) is 2.76. The zero-order valence-corrected chi connectivity index (χ0v) is 13.5. The first-order valence-corrected chi connectivity index (χ1v) is 7.65. The van der Waals surface area contributed by atoms with Crippen LogP contribution >= 0.6 is 0 Å². The maximum atomic E-state index is 12.2. The monoisotopic (exact) mass is 323 g/mol. The first-order valence-electron chi connectivity index (χ1n) is 7.65. The van der Waals surface area contributed by atoms with E-state index in [-0.39, 0.29) is 12.5 Å². The molecule has 1 aromatic heterocycles. The second kappa shape index (κ2) is 6.58. The maximum absolute atomic E-state index is 12.2. The quantitative estimate of drug-likeness (QED) is 0.744. The Hall–Kier alpha value is -3.08. The lowest BCUT2D eigenvalue weighted by Crippen LogP contribution is -2.19. The molecule has 1 amide bonds. The van der Waals surface area contributed by atoms with Gasteiger partial charge in [0.25, 0.3) is 5.91 Å². The van der Waals surface area contributed by atoms with Gasteiger partial charge in [0.1, 0.15) is 5.58 Å². The number of hydrogen-bond acceptors (Lipinski definition) is 4. The van der Waals surface area contributed by atoms with Crippen LogP contribution in [-0.4, -0.2) is 25.5 Å². The zero-order chi connectivity index (χ0) is 17.1. The molecule has 1 N–H and O–H groups in total.